The molecule has 0 aromatic carbocycles. The van der Waals surface area contributed by atoms with Crippen molar-refractivity contribution in [1.29, 1.82) is 0 Å². The van der Waals surface area contributed by atoms with E-state index in [2.05, 4.69) is 4.18 Å². The Morgan fingerprint density at radius 3 is 1.79 bits per heavy atom. The third-order valence-corrected chi connectivity index (χ3v) is 9.36. The molecule has 20 atom stereocenters. The second-order valence-electron chi connectivity index (χ2n) is 11.9. The predicted molar refractivity (Wildman–Crippen MR) is 136 cm³/mol. The van der Waals surface area contributed by atoms with Crippen LogP contribution in [0.15, 0.2) is 0 Å². The van der Waals surface area contributed by atoms with Gasteiger partial charge < -0.3 is 93.1 Å². The standard InChI is InChI=1S/C24H38O22S/c25-1-5-9(27)18(44-22-12(30)17-10(28)7(41-22)3-37-17)13(31)23(40-5)43-15-8-4-38-19(15)14(32)24(42-8)45-20-11(29)21(33)39-6(2-26)16(20)46-47(34,35)36/h5-33H,1-4H2,(H,34,35,36)/p-1. The van der Waals surface area contributed by atoms with E-state index in [0.717, 1.165) is 0 Å². The Morgan fingerprint density at radius 1 is 0.574 bits per heavy atom. The minimum atomic E-state index is -5.45. The fraction of sp³-hybridized carbons (Fsp3) is 1.00. The van der Waals surface area contributed by atoms with Gasteiger partial charge in [0.2, 0.25) is 10.4 Å². The third-order valence-electron chi connectivity index (χ3n) is 8.90. The Bertz CT molecular complexity index is 1180. The summed E-state index contributed by atoms with van der Waals surface area (Å²) in [4.78, 5) is 0. The van der Waals surface area contributed by atoms with Crippen molar-refractivity contribution >= 4 is 10.4 Å². The molecule has 0 aromatic rings. The molecule has 6 aliphatic rings. The molecule has 6 heterocycles. The average molecular weight is 710 g/mol. The van der Waals surface area contributed by atoms with E-state index in [1.165, 1.54) is 0 Å². The van der Waals surface area contributed by atoms with Crippen molar-refractivity contribution in [2.24, 2.45) is 0 Å². The second-order valence-corrected chi connectivity index (χ2v) is 12.9. The van der Waals surface area contributed by atoms with Crippen molar-refractivity contribution in [3.05, 3.63) is 0 Å². The quantitative estimate of drug-likeness (QED) is 0.0751. The molecule has 6 aliphatic heterocycles. The van der Waals surface area contributed by atoms with E-state index in [0.29, 0.717) is 0 Å². The van der Waals surface area contributed by atoms with Gasteiger partial charge in [0.25, 0.3) is 0 Å². The summed E-state index contributed by atoms with van der Waals surface area (Å²) in [7, 11) is -5.45. The molecule has 47 heavy (non-hydrogen) atoms. The van der Waals surface area contributed by atoms with E-state index >= 15 is 0 Å². The van der Waals surface area contributed by atoms with Gasteiger partial charge in [-0.05, 0) is 0 Å². The van der Waals surface area contributed by atoms with Gasteiger partial charge in [0.1, 0.15) is 97.7 Å². The van der Waals surface area contributed by atoms with Crippen molar-refractivity contribution in [3.8, 4) is 0 Å². The first-order chi connectivity index (χ1) is 22.2. The first-order valence-electron chi connectivity index (χ1n) is 14.7. The molecule has 0 amide bonds. The van der Waals surface area contributed by atoms with Crippen molar-refractivity contribution in [3.63, 3.8) is 0 Å². The van der Waals surface area contributed by atoms with Crippen molar-refractivity contribution in [1.82, 2.24) is 0 Å². The zero-order chi connectivity index (χ0) is 33.9. The maximum atomic E-state index is 11.3. The van der Waals surface area contributed by atoms with Gasteiger partial charge in [0, 0.05) is 0 Å². The normalized spacial score (nSPS) is 53.3. The monoisotopic (exact) mass is 709 g/mol. The van der Waals surface area contributed by atoms with Gasteiger partial charge in [-0.1, -0.05) is 0 Å². The summed E-state index contributed by atoms with van der Waals surface area (Å²) in [6, 6.07) is 0. The van der Waals surface area contributed by atoms with Crippen molar-refractivity contribution in [2.45, 2.75) is 123 Å². The SMILES string of the molecule is O=S(=O)([O-])OC1C(CO)OC(O)C(O)C1OC1OC2COC(C1O)C2OC1OC(CO)C(O)C(OC2OC3COC(C3O)C2O)C1O. The van der Waals surface area contributed by atoms with Crippen LogP contribution in [0.3, 0.4) is 0 Å². The van der Waals surface area contributed by atoms with E-state index in [-0.39, 0.29) is 13.2 Å². The molecule has 23 heteroatoms. The van der Waals surface area contributed by atoms with Crippen LogP contribution in [0.2, 0.25) is 0 Å². The summed E-state index contributed by atoms with van der Waals surface area (Å²) >= 11 is 0. The maximum absolute atomic E-state index is 11.3. The zero-order valence-electron chi connectivity index (χ0n) is 24.1. The average Bonchev–Trinajstić information content (AvgIpc) is 3.48. The Labute approximate surface area is 265 Å². The van der Waals surface area contributed by atoms with Crippen LogP contribution in [0.4, 0.5) is 0 Å². The molecule has 272 valence electrons. The van der Waals surface area contributed by atoms with Crippen LogP contribution in [-0.2, 0) is 57.2 Å². The van der Waals surface area contributed by atoms with E-state index in [1.807, 2.05) is 0 Å². The van der Waals surface area contributed by atoms with Crippen LogP contribution >= 0.6 is 0 Å². The van der Waals surface area contributed by atoms with Gasteiger partial charge in [-0.25, -0.2) is 8.42 Å². The molecular weight excluding hydrogens is 672 g/mol. The number of hydrogen-bond acceptors (Lipinski definition) is 22. The Balaban J connectivity index is 1.14. The van der Waals surface area contributed by atoms with E-state index < -0.39 is 146 Å². The topological polar surface area (TPSA) is 332 Å². The highest BCUT2D eigenvalue weighted by atomic mass is 32.3. The van der Waals surface area contributed by atoms with E-state index in [9.17, 15) is 58.9 Å². The number of aliphatic hydroxyl groups excluding tert-OH is 9. The van der Waals surface area contributed by atoms with Crippen LogP contribution in [-0.4, -0.2) is 208 Å². The predicted octanol–water partition coefficient (Wildman–Crippen LogP) is -8.17. The molecule has 0 spiro atoms. The highest BCUT2D eigenvalue weighted by Crippen LogP contribution is 2.38. The molecule has 0 saturated carbocycles. The fourth-order valence-corrected chi connectivity index (χ4v) is 7.02. The lowest BCUT2D eigenvalue weighted by Crippen LogP contribution is -2.66. The molecule has 6 rings (SSSR count). The van der Waals surface area contributed by atoms with Gasteiger partial charge in [0.15, 0.2) is 25.2 Å². The minimum Gasteiger partial charge on any atom is -0.726 e. The van der Waals surface area contributed by atoms with Gasteiger partial charge in [-0.2, -0.15) is 0 Å². The van der Waals surface area contributed by atoms with Crippen molar-refractivity contribution in [2.75, 3.05) is 26.4 Å². The summed E-state index contributed by atoms with van der Waals surface area (Å²) in [6.07, 6.45) is -30.8. The molecule has 0 radical (unpaired) electrons. The van der Waals surface area contributed by atoms with E-state index in [4.69, 9.17) is 42.6 Å². The minimum absolute atomic E-state index is 0.0361. The summed E-state index contributed by atoms with van der Waals surface area (Å²) in [6.45, 7) is -2.01. The second kappa shape index (κ2) is 14.0. The lowest BCUT2D eigenvalue weighted by atomic mass is 9.96. The van der Waals surface area contributed by atoms with E-state index in [1.54, 1.807) is 0 Å². The molecule has 20 unspecified atom stereocenters. The molecular formula is C24H37O22S-. The summed E-state index contributed by atoms with van der Waals surface area (Å²) in [5.74, 6) is 0. The van der Waals surface area contributed by atoms with Crippen LogP contribution in [0.25, 0.3) is 0 Å². The van der Waals surface area contributed by atoms with Crippen LogP contribution in [0.5, 0.6) is 0 Å². The van der Waals surface area contributed by atoms with Crippen LogP contribution in [0, 0.1) is 0 Å². The first kappa shape index (κ1) is 36.0. The molecule has 22 nitrogen and oxygen atoms in total. The zero-order valence-corrected chi connectivity index (χ0v) is 24.9. The Kier molecular flexibility index (Phi) is 10.7. The highest BCUT2D eigenvalue weighted by molar-refractivity contribution is 7.80. The Morgan fingerprint density at radius 2 is 1.13 bits per heavy atom. The highest BCUT2D eigenvalue weighted by Gasteiger charge is 2.59. The summed E-state index contributed by atoms with van der Waals surface area (Å²) in [5.41, 5.74) is 0. The molecule has 9 N–H and O–H groups in total. The molecule has 6 saturated heterocycles. The summed E-state index contributed by atoms with van der Waals surface area (Å²) < 4.78 is 88.3. The Hall–Kier alpha value is -0.850. The molecule has 6 fully saturated rings. The number of hydrogen-bond donors (Lipinski definition) is 9. The molecule has 0 aliphatic carbocycles. The number of aliphatic hydroxyl groups is 9. The number of rotatable bonds is 10. The molecule has 0 aromatic heterocycles. The van der Waals surface area contributed by atoms with Gasteiger partial charge in [-0.3, -0.25) is 4.18 Å². The lowest BCUT2D eigenvalue weighted by Gasteiger charge is -2.47. The first-order valence-corrected chi connectivity index (χ1v) is 16.0. The largest absolute Gasteiger partial charge is 0.726 e. The van der Waals surface area contributed by atoms with Crippen LogP contribution in [0.1, 0.15) is 0 Å². The molecule has 4 bridgehead atoms. The van der Waals surface area contributed by atoms with Crippen molar-refractivity contribution < 1.29 is 106 Å². The summed E-state index contributed by atoms with van der Waals surface area (Å²) in [5, 5.41) is 93.6. The maximum Gasteiger partial charge on any atom is 0.218 e. The number of fused-ring (bicyclic) bond motifs is 4. The number of ether oxygens (including phenoxy) is 9. The third kappa shape index (κ3) is 6.93. The fourth-order valence-electron chi connectivity index (χ4n) is 6.51. The van der Waals surface area contributed by atoms with Crippen LogP contribution < -0.4 is 0 Å². The smallest absolute Gasteiger partial charge is 0.218 e. The van der Waals surface area contributed by atoms with Gasteiger partial charge >= 0.3 is 0 Å². The van der Waals surface area contributed by atoms with Gasteiger partial charge in [0.05, 0.1) is 26.4 Å². The lowest BCUT2D eigenvalue weighted by molar-refractivity contribution is -0.371. The van der Waals surface area contributed by atoms with Gasteiger partial charge in [-0.15, -0.1) is 0 Å².